The summed E-state index contributed by atoms with van der Waals surface area (Å²) in [5.41, 5.74) is 1.23. The van der Waals surface area contributed by atoms with Crippen LogP contribution in [0.4, 0.5) is 5.82 Å². The Balaban J connectivity index is 2.03. The van der Waals surface area contributed by atoms with Crippen molar-refractivity contribution >= 4 is 5.82 Å². The molecule has 0 spiro atoms. The summed E-state index contributed by atoms with van der Waals surface area (Å²) in [4.78, 5) is 9.43. The van der Waals surface area contributed by atoms with Gasteiger partial charge in [-0.2, -0.15) is 0 Å². The first kappa shape index (κ1) is 14.3. The molecular weight excluding hydrogens is 238 g/mol. The van der Waals surface area contributed by atoms with Gasteiger partial charge in [-0.05, 0) is 12.1 Å². The van der Waals surface area contributed by atoms with Crippen LogP contribution in [0.3, 0.4) is 0 Å². The number of aromatic nitrogens is 1. The third-order valence-corrected chi connectivity index (χ3v) is 3.62. The molecule has 1 aromatic rings. The van der Waals surface area contributed by atoms with Gasteiger partial charge in [0.15, 0.2) is 0 Å². The molecule has 4 heteroatoms. The molecule has 1 N–H and O–H groups in total. The lowest BCUT2D eigenvalue weighted by Gasteiger charge is -2.35. The summed E-state index contributed by atoms with van der Waals surface area (Å²) in [6.45, 7) is 11.6. The van der Waals surface area contributed by atoms with Gasteiger partial charge in [0.2, 0.25) is 0 Å². The number of β-amino-alcohol motifs (C(OH)–C–C–N with tert-alkyl or cyclic N) is 1. The summed E-state index contributed by atoms with van der Waals surface area (Å²) < 4.78 is 0. The zero-order valence-corrected chi connectivity index (χ0v) is 12.3. The Morgan fingerprint density at radius 3 is 2.42 bits per heavy atom. The second-order valence-corrected chi connectivity index (χ2v) is 6.18. The molecule has 2 heterocycles. The number of aliphatic hydroxyl groups excluding tert-OH is 1. The molecule has 0 aliphatic carbocycles. The highest BCUT2D eigenvalue weighted by molar-refractivity contribution is 5.40. The number of anilines is 1. The first-order valence-corrected chi connectivity index (χ1v) is 7.06. The molecular formula is C15H25N3O. The molecule has 1 aromatic heterocycles. The van der Waals surface area contributed by atoms with Crippen LogP contribution in [0.25, 0.3) is 0 Å². The van der Waals surface area contributed by atoms with Crippen LogP contribution in [0.15, 0.2) is 18.2 Å². The van der Waals surface area contributed by atoms with Crippen molar-refractivity contribution in [1.29, 1.82) is 0 Å². The Morgan fingerprint density at radius 2 is 1.84 bits per heavy atom. The highest BCUT2D eigenvalue weighted by atomic mass is 16.3. The quantitative estimate of drug-likeness (QED) is 0.897. The van der Waals surface area contributed by atoms with E-state index < -0.39 is 0 Å². The standard InChI is InChI=1S/C15H25N3O/c1-15(2,3)13-5-4-6-14(16-13)18-9-7-17(8-10-18)11-12-19/h4-6,19H,7-12H2,1-3H3. The molecule has 1 saturated heterocycles. The predicted octanol–water partition coefficient (Wildman–Crippen LogP) is 1.49. The first-order chi connectivity index (χ1) is 9.00. The molecule has 1 aliphatic rings. The molecule has 0 aromatic carbocycles. The fourth-order valence-electron chi connectivity index (χ4n) is 2.36. The molecule has 2 rings (SSSR count). The zero-order valence-electron chi connectivity index (χ0n) is 12.3. The predicted molar refractivity (Wildman–Crippen MR) is 78.7 cm³/mol. The van der Waals surface area contributed by atoms with E-state index in [1.54, 1.807) is 0 Å². The lowest BCUT2D eigenvalue weighted by atomic mass is 9.92. The van der Waals surface area contributed by atoms with Gasteiger partial charge in [0.1, 0.15) is 5.82 Å². The number of rotatable bonds is 3. The monoisotopic (exact) mass is 263 g/mol. The maximum Gasteiger partial charge on any atom is 0.128 e. The van der Waals surface area contributed by atoms with Crippen LogP contribution < -0.4 is 4.90 Å². The van der Waals surface area contributed by atoms with Crippen LogP contribution >= 0.6 is 0 Å². The molecule has 19 heavy (non-hydrogen) atoms. The third kappa shape index (κ3) is 3.67. The fourth-order valence-corrected chi connectivity index (χ4v) is 2.36. The second-order valence-electron chi connectivity index (χ2n) is 6.18. The summed E-state index contributed by atoms with van der Waals surface area (Å²) in [5.74, 6) is 1.08. The molecule has 1 aliphatic heterocycles. The molecule has 0 radical (unpaired) electrons. The third-order valence-electron chi connectivity index (χ3n) is 3.62. The smallest absolute Gasteiger partial charge is 0.128 e. The van der Waals surface area contributed by atoms with E-state index in [2.05, 4.69) is 48.8 Å². The van der Waals surface area contributed by atoms with E-state index >= 15 is 0 Å². The van der Waals surface area contributed by atoms with Gasteiger partial charge in [-0.15, -0.1) is 0 Å². The number of pyridine rings is 1. The van der Waals surface area contributed by atoms with Crippen molar-refractivity contribution in [3.63, 3.8) is 0 Å². The first-order valence-electron chi connectivity index (χ1n) is 7.06. The normalized spacial score (nSPS) is 17.8. The van der Waals surface area contributed by atoms with Gasteiger partial charge in [-0.25, -0.2) is 4.98 Å². The van der Waals surface area contributed by atoms with E-state index in [0.29, 0.717) is 0 Å². The van der Waals surface area contributed by atoms with Crippen molar-refractivity contribution in [1.82, 2.24) is 9.88 Å². The Kier molecular flexibility index (Phi) is 4.42. The van der Waals surface area contributed by atoms with Crippen LogP contribution in [0.1, 0.15) is 26.5 Å². The Bertz CT molecular complexity index is 406. The van der Waals surface area contributed by atoms with Crippen molar-refractivity contribution < 1.29 is 5.11 Å². The summed E-state index contributed by atoms with van der Waals surface area (Å²) in [7, 11) is 0. The van der Waals surface area contributed by atoms with E-state index in [-0.39, 0.29) is 12.0 Å². The minimum absolute atomic E-state index is 0.0920. The largest absolute Gasteiger partial charge is 0.395 e. The van der Waals surface area contributed by atoms with E-state index in [4.69, 9.17) is 10.1 Å². The van der Waals surface area contributed by atoms with Crippen molar-refractivity contribution in [2.75, 3.05) is 44.2 Å². The lowest BCUT2D eigenvalue weighted by molar-refractivity contribution is 0.188. The maximum atomic E-state index is 8.96. The van der Waals surface area contributed by atoms with Crippen LogP contribution in [0, 0.1) is 0 Å². The topological polar surface area (TPSA) is 39.6 Å². The van der Waals surface area contributed by atoms with Gasteiger partial charge in [-0.1, -0.05) is 26.8 Å². The molecule has 0 amide bonds. The van der Waals surface area contributed by atoms with Gasteiger partial charge in [-0.3, -0.25) is 4.90 Å². The van der Waals surface area contributed by atoms with Gasteiger partial charge < -0.3 is 10.0 Å². The highest BCUT2D eigenvalue weighted by Gasteiger charge is 2.20. The minimum Gasteiger partial charge on any atom is -0.395 e. The molecule has 0 bridgehead atoms. The average Bonchev–Trinajstić information content (AvgIpc) is 2.39. The minimum atomic E-state index is 0.0920. The summed E-state index contributed by atoms with van der Waals surface area (Å²) >= 11 is 0. The van der Waals surface area contributed by atoms with Gasteiger partial charge >= 0.3 is 0 Å². The highest BCUT2D eigenvalue weighted by Crippen LogP contribution is 2.23. The number of hydrogen-bond acceptors (Lipinski definition) is 4. The fraction of sp³-hybridized carbons (Fsp3) is 0.667. The Morgan fingerprint density at radius 1 is 1.16 bits per heavy atom. The van der Waals surface area contributed by atoms with Crippen LogP contribution in [0.5, 0.6) is 0 Å². The number of hydrogen-bond donors (Lipinski definition) is 1. The molecule has 1 fully saturated rings. The Labute approximate surface area is 116 Å². The maximum absolute atomic E-state index is 8.96. The summed E-state index contributed by atoms with van der Waals surface area (Å²) in [5, 5.41) is 8.96. The SMILES string of the molecule is CC(C)(C)c1cccc(N2CCN(CCO)CC2)n1. The second kappa shape index (κ2) is 5.88. The zero-order chi connectivity index (χ0) is 13.9. The molecule has 4 nitrogen and oxygen atoms in total. The number of nitrogens with zero attached hydrogens (tertiary/aromatic N) is 3. The van der Waals surface area contributed by atoms with Crippen molar-refractivity contribution in [2.24, 2.45) is 0 Å². The van der Waals surface area contributed by atoms with Crippen LogP contribution in [0.2, 0.25) is 0 Å². The summed E-state index contributed by atoms with van der Waals surface area (Å²) in [6, 6.07) is 6.30. The Hall–Kier alpha value is -1.13. The number of aliphatic hydroxyl groups is 1. The van der Waals surface area contributed by atoms with Crippen molar-refractivity contribution in [3.8, 4) is 0 Å². The van der Waals surface area contributed by atoms with E-state index in [9.17, 15) is 0 Å². The van der Waals surface area contributed by atoms with Gasteiger partial charge in [0, 0.05) is 43.8 Å². The molecule has 106 valence electrons. The molecule has 0 atom stereocenters. The van der Waals surface area contributed by atoms with Crippen LogP contribution in [-0.4, -0.2) is 54.3 Å². The van der Waals surface area contributed by atoms with E-state index in [1.165, 1.54) is 0 Å². The van der Waals surface area contributed by atoms with E-state index in [1.807, 2.05) is 0 Å². The van der Waals surface area contributed by atoms with Crippen molar-refractivity contribution in [3.05, 3.63) is 23.9 Å². The molecule has 0 unspecified atom stereocenters. The average molecular weight is 263 g/mol. The van der Waals surface area contributed by atoms with Gasteiger partial charge in [0.05, 0.1) is 6.61 Å². The summed E-state index contributed by atoms with van der Waals surface area (Å²) in [6.07, 6.45) is 0. The lowest BCUT2D eigenvalue weighted by Crippen LogP contribution is -2.47. The molecule has 0 saturated carbocycles. The van der Waals surface area contributed by atoms with Crippen molar-refractivity contribution in [2.45, 2.75) is 26.2 Å². The van der Waals surface area contributed by atoms with E-state index in [0.717, 1.165) is 44.2 Å². The number of piperazine rings is 1. The van der Waals surface area contributed by atoms with Crippen LogP contribution in [-0.2, 0) is 5.41 Å². The van der Waals surface area contributed by atoms with Gasteiger partial charge in [0.25, 0.3) is 0 Å².